The van der Waals surface area contributed by atoms with Gasteiger partial charge in [-0.05, 0) is 79.5 Å². The van der Waals surface area contributed by atoms with E-state index < -0.39 is 0 Å². The van der Waals surface area contributed by atoms with Crippen molar-refractivity contribution in [2.45, 2.75) is 25.7 Å². The lowest BCUT2D eigenvalue weighted by Gasteiger charge is -2.48. The Balaban J connectivity index is 1.06. The van der Waals surface area contributed by atoms with Crippen LogP contribution in [0.3, 0.4) is 0 Å². The van der Waals surface area contributed by atoms with E-state index in [4.69, 9.17) is 5.73 Å². The average molecular weight is 546 g/mol. The molecule has 1 aromatic carbocycles. The number of pyridine rings is 1. The number of aromatic nitrogens is 3. The second-order valence-electron chi connectivity index (χ2n) is 10.9. The van der Waals surface area contributed by atoms with Crippen LogP contribution in [0.15, 0.2) is 85.4 Å². The summed E-state index contributed by atoms with van der Waals surface area (Å²) in [4.78, 5) is 11.3. The number of allylic oxidation sites excluding steroid dienone is 4. The number of nitrogens with zero attached hydrogens (tertiary/aromatic N) is 6. The zero-order valence-electron chi connectivity index (χ0n) is 23.2. The Morgan fingerprint density at radius 2 is 1.56 bits per heavy atom. The standard InChI is InChI=1S/C33H35N7O/c34-32-30(25-29(36-37-32)28-9-3-4-10-31(28)41)40-22-14-33(15-23-40)12-20-39(21-13-33)27-11-16-35-26(24-27)8-7-19-38-17-5-1-2-6-18-38/h1-6,9-11,16-18,24-25,41H,12-15,19-23H2,(H2,34,37). The van der Waals surface area contributed by atoms with E-state index in [1.54, 1.807) is 12.1 Å². The van der Waals surface area contributed by atoms with E-state index in [-0.39, 0.29) is 5.75 Å². The van der Waals surface area contributed by atoms with Crippen molar-refractivity contribution in [3.8, 4) is 28.8 Å². The van der Waals surface area contributed by atoms with Gasteiger partial charge < -0.3 is 25.5 Å². The molecule has 0 amide bonds. The van der Waals surface area contributed by atoms with Gasteiger partial charge >= 0.3 is 0 Å². The lowest BCUT2D eigenvalue weighted by Crippen LogP contribution is -2.47. The highest BCUT2D eigenvalue weighted by Crippen LogP contribution is 2.44. The minimum Gasteiger partial charge on any atom is -0.507 e. The van der Waals surface area contributed by atoms with Gasteiger partial charge in [0.1, 0.15) is 11.4 Å². The molecule has 41 heavy (non-hydrogen) atoms. The number of aromatic hydroxyl groups is 1. The molecule has 208 valence electrons. The van der Waals surface area contributed by atoms with Crippen molar-refractivity contribution in [3.63, 3.8) is 0 Å². The smallest absolute Gasteiger partial charge is 0.169 e. The van der Waals surface area contributed by atoms with E-state index in [0.717, 1.165) is 50.4 Å². The molecule has 0 saturated carbocycles. The Kier molecular flexibility index (Phi) is 7.59. The third kappa shape index (κ3) is 6.04. The number of hydrogen-bond acceptors (Lipinski definition) is 8. The molecule has 0 unspecified atom stereocenters. The van der Waals surface area contributed by atoms with E-state index in [0.29, 0.717) is 29.0 Å². The maximum Gasteiger partial charge on any atom is 0.169 e. The van der Waals surface area contributed by atoms with Crippen LogP contribution in [-0.2, 0) is 0 Å². The Morgan fingerprint density at radius 3 is 2.29 bits per heavy atom. The van der Waals surface area contributed by atoms with Crippen LogP contribution < -0.4 is 15.5 Å². The van der Waals surface area contributed by atoms with Gasteiger partial charge in [-0.3, -0.25) is 0 Å². The van der Waals surface area contributed by atoms with Crippen molar-refractivity contribution in [2.24, 2.45) is 5.41 Å². The second kappa shape index (κ2) is 11.8. The van der Waals surface area contributed by atoms with Gasteiger partial charge in [0.25, 0.3) is 0 Å². The van der Waals surface area contributed by atoms with Gasteiger partial charge in [-0.1, -0.05) is 30.2 Å². The highest BCUT2D eigenvalue weighted by Gasteiger charge is 2.38. The van der Waals surface area contributed by atoms with E-state index in [9.17, 15) is 5.11 Å². The topological polar surface area (TPSA) is 94.6 Å². The number of anilines is 3. The minimum atomic E-state index is 0.190. The van der Waals surface area contributed by atoms with Crippen LogP contribution in [0.4, 0.5) is 17.2 Å². The maximum absolute atomic E-state index is 10.3. The van der Waals surface area contributed by atoms with E-state index in [1.165, 1.54) is 18.5 Å². The van der Waals surface area contributed by atoms with Crippen LogP contribution in [-0.4, -0.2) is 57.9 Å². The average Bonchev–Trinajstić information content (AvgIpc) is 3.28. The van der Waals surface area contributed by atoms with Crippen molar-refractivity contribution in [1.82, 2.24) is 20.1 Å². The van der Waals surface area contributed by atoms with E-state index in [1.807, 2.05) is 61.1 Å². The molecule has 8 nitrogen and oxygen atoms in total. The van der Waals surface area contributed by atoms with Gasteiger partial charge in [0.15, 0.2) is 5.82 Å². The van der Waals surface area contributed by atoms with E-state index >= 15 is 0 Å². The molecule has 0 aliphatic carbocycles. The highest BCUT2D eigenvalue weighted by molar-refractivity contribution is 5.74. The summed E-state index contributed by atoms with van der Waals surface area (Å²) in [7, 11) is 0. The zero-order chi connectivity index (χ0) is 28.1. The molecule has 3 aliphatic heterocycles. The second-order valence-corrected chi connectivity index (χ2v) is 10.9. The van der Waals surface area contributed by atoms with Gasteiger partial charge in [-0.25, -0.2) is 4.98 Å². The zero-order valence-corrected chi connectivity index (χ0v) is 23.2. The molecular formula is C33H35N7O. The minimum absolute atomic E-state index is 0.190. The van der Waals surface area contributed by atoms with Crippen LogP contribution in [0, 0.1) is 17.3 Å². The third-order valence-corrected chi connectivity index (χ3v) is 8.45. The normalized spacial score (nSPS) is 17.8. The van der Waals surface area contributed by atoms with Gasteiger partial charge in [0.2, 0.25) is 0 Å². The number of phenolic OH excluding ortho intramolecular Hbond substituents is 1. The predicted molar refractivity (Wildman–Crippen MR) is 164 cm³/mol. The van der Waals surface area contributed by atoms with Crippen molar-refractivity contribution < 1.29 is 5.11 Å². The Bertz CT molecular complexity index is 1520. The third-order valence-electron chi connectivity index (χ3n) is 8.45. The Labute approximate surface area is 241 Å². The number of hydrogen-bond donors (Lipinski definition) is 2. The Morgan fingerprint density at radius 1 is 0.854 bits per heavy atom. The number of nitrogens with two attached hydrogens (primary N) is 1. The summed E-state index contributed by atoms with van der Waals surface area (Å²) in [5, 5.41) is 18.7. The first-order chi connectivity index (χ1) is 20.1. The van der Waals surface area contributed by atoms with Crippen LogP contribution in [0.1, 0.15) is 31.4 Å². The fourth-order valence-electron chi connectivity index (χ4n) is 5.94. The number of phenols is 1. The number of nitrogen functional groups attached to an aromatic ring is 1. The van der Waals surface area contributed by atoms with Crippen LogP contribution >= 0.6 is 0 Å². The number of para-hydroxylation sites is 1. The summed E-state index contributed by atoms with van der Waals surface area (Å²) in [6.07, 6.45) is 18.5. The molecule has 0 radical (unpaired) electrons. The first-order valence-corrected chi connectivity index (χ1v) is 14.2. The Hall–Kier alpha value is -4.77. The van der Waals surface area contributed by atoms with Gasteiger partial charge in [-0.15, -0.1) is 10.2 Å². The van der Waals surface area contributed by atoms with Crippen molar-refractivity contribution >= 4 is 17.2 Å². The van der Waals surface area contributed by atoms with Gasteiger partial charge in [0.05, 0.1) is 17.9 Å². The van der Waals surface area contributed by atoms with Crippen molar-refractivity contribution in [2.75, 3.05) is 48.3 Å². The first-order valence-electron chi connectivity index (χ1n) is 14.2. The molecule has 0 bridgehead atoms. The summed E-state index contributed by atoms with van der Waals surface area (Å²) in [5.41, 5.74) is 10.8. The number of rotatable bonds is 4. The van der Waals surface area contributed by atoms with Crippen molar-refractivity contribution in [3.05, 3.63) is 91.1 Å². The summed E-state index contributed by atoms with van der Waals surface area (Å²) in [5.74, 6) is 7.10. The summed E-state index contributed by atoms with van der Waals surface area (Å²) in [6, 6.07) is 13.4. The molecule has 3 N–H and O–H groups in total. The molecule has 1 spiro atoms. The summed E-state index contributed by atoms with van der Waals surface area (Å²) < 4.78 is 0. The van der Waals surface area contributed by atoms with Crippen LogP contribution in [0.25, 0.3) is 11.3 Å². The monoisotopic (exact) mass is 545 g/mol. The summed E-state index contributed by atoms with van der Waals surface area (Å²) >= 11 is 0. The predicted octanol–water partition coefficient (Wildman–Crippen LogP) is 4.96. The fraction of sp³-hybridized carbons (Fsp3) is 0.303. The highest BCUT2D eigenvalue weighted by atomic mass is 16.3. The lowest BCUT2D eigenvalue weighted by molar-refractivity contribution is 0.167. The van der Waals surface area contributed by atoms with Crippen molar-refractivity contribution in [1.29, 1.82) is 0 Å². The molecular weight excluding hydrogens is 510 g/mol. The van der Waals surface area contributed by atoms with E-state index in [2.05, 4.69) is 53.9 Å². The number of benzene rings is 1. The maximum atomic E-state index is 10.3. The molecule has 2 saturated heterocycles. The molecule has 5 heterocycles. The molecule has 8 heteroatoms. The lowest BCUT2D eigenvalue weighted by atomic mass is 9.71. The number of piperidine rings is 2. The molecule has 2 fully saturated rings. The van der Waals surface area contributed by atoms with Gasteiger partial charge in [0, 0.05) is 56.0 Å². The van der Waals surface area contributed by atoms with Gasteiger partial charge in [-0.2, -0.15) is 0 Å². The molecule has 3 aromatic rings. The molecule has 0 atom stereocenters. The molecule has 2 aromatic heterocycles. The first kappa shape index (κ1) is 26.5. The summed E-state index contributed by atoms with van der Waals surface area (Å²) in [6.45, 7) is 4.56. The van der Waals surface area contributed by atoms with Crippen LogP contribution in [0.2, 0.25) is 0 Å². The fourth-order valence-corrected chi connectivity index (χ4v) is 5.94. The largest absolute Gasteiger partial charge is 0.507 e. The molecule has 6 rings (SSSR count). The SMILES string of the molecule is Nc1nnc(-c2ccccc2O)cc1N1CCC2(CCN(c3ccnc(C#CCN4C=CC=CC=C4)c3)CC2)CC1. The van der Waals surface area contributed by atoms with Crippen LogP contribution in [0.5, 0.6) is 5.75 Å². The quantitative estimate of drug-likeness (QED) is 0.444. The molecule has 3 aliphatic rings.